The topological polar surface area (TPSA) is 96.9 Å². The van der Waals surface area contributed by atoms with Crippen molar-refractivity contribution in [3.63, 3.8) is 0 Å². The third kappa shape index (κ3) is 2.66. The van der Waals surface area contributed by atoms with E-state index in [0.29, 0.717) is 11.3 Å². The van der Waals surface area contributed by atoms with Crippen LogP contribution in [-0.4, -0.2) is 28.3 Å². The van der Waals surface area contributed by atoms with E-state index in [2.05, 4.69) is 15.3 Å². The van der Waals surface area contributed by atoms with Gasteiger partial charge in [0.05, 0.1) is 5.69 Å². The van der Waals surface area contributed by atoms with Crippen LogP contribution >= 0.6 is 0 Å². The van der Waals surface area contributed by atoms with E-state index < -0.39 is 15.5 Å². The molecule has 1 N–H and O–H groups in total. The molecular weight excluding hydrogens is 256 g/mol. The van der Waals surface area contributed by atoms with E-state index in [4.69, 9.17) is 4.55 Å². The molecule has 2 aromatic heterocycles. The number of hydrogen-bond donors (Lipinski definition) is 1. The average Bonchev–Trinajstić information content (AvgIpc) is 2.38. The lowest BCUT2D eigenvalue weighted by molar-refractivity contribution is -0.755. The van der Waals surface area contributed by atoms with E-state index in [1.165, 1.54) is 19.3 Å². The first-order valence-corrected chi connectivity index (χ1v) is 6.60. The summed E-state index contributed by atoms with van der Waals surface area (Å²) >= 11 is 0. The van der Waals surface area contributed by atoms with Crippen molar-refractivity contribution in [2.75, 3.05) is 0 Å². The Bertz CT molecular complexity index is 628. The third-order valence-electron chi connectivity index (χ3n) is 2.41. The van der Waals surface area contributed by atoms with Gasteiger partial charge in [-0.25, -0.2) is 0 Å². The minimum Gasteiger partial charge on any atom is -0.280 e. The summed E-state index contributed by atoms with van der Waals surface area (Å²) in [6, 6.07) is 5.16. The Morgan fingerprint density at radius 2 is 2.17 bits per heavy atom. The van der Waals surface area contributed by atoms with Crippen LogP contribution in [-0.2, 0) is 10.1 Å². The quantitative estimate of drug-likeness (QED) is 0.631. The molecule has 0 fully saturated rings. The maximum Gasteiger partial charge on any atom is 0.331 e. The van der Waals surface area contributed by atoms with Gasteiger partial charge in [0.2, 0.25) is 0 Å². The van der Waals surface area contributed by atoms with Crippen LogP contribution in [0.5, 0.6) is 0 Å². The lowest BCUT2D eigenvalue weighted by Crippen LogP contribution is -2.44. The van der Waals surface area contributed by atoms with Crippen LogP contribution in [0.25, 0.3) is 11.3 Å². The highest BCUT2D eigenvalue weighted by Gasteiger charge is 2.28. The van der Waals surface area contributed by atoms with E-state index in [0.717, 1.165) is 4.68 Å². The van der Waals surface area contributed by atoms with E-state index in [-0.39, 0.29) is 0 Å². The maximum atomic E-state index is 11.0. The van der Waals surface area contributed by atoms with Crippen LogP contribution in [0.15, 0.2) is 36.8 Å². The zero-order valence-electron chi connectivity index (χ0n) is 9.50. The highest BCUT2D eigenvalue weighted by atomic mass is 32.2. The van der Waals surface area contributed by atoms with E-state index in [9.17, 15) is 8.42 Å². The third-order valence-corrected chi connectivity index (χ3v) is 3.49. The fourth-order valence-electron chi connectivity index (χ4n) is 1.33. The summed E-state index contributed by atoms with van der Waals surface area (Å²) in [4.78, 5) is 0. The molecule has 0 amide bonds. The molecule has 18 heavy (non-hydrogen) atoms. The second kappa shape index (κ2) is 4.75. The monoisotopic (exact) mass is 267 g/mol. The van der Waals surface area contributed by atoms with Gasteiger partial charge in [-0.3, -0.25) is 4.55 Å². The molecule has 94 valence electrons. The predicted molar refractivity (Wildman–Crippen MR) is 61.7 cm³/mol. The minimum atomic E-state index is -4.16. The summed E-state index contributed by atoms with van der Waals surface area (Å²) in [7, 11) is -4.16. The van der Waals surface area contributed by atoms with Crippen molar-refractivity contribution in [1.82, 2.24) is 15.3 Å². The summed E-state index contributed by atoms with van der Waals surface area (Å²) in [5.41, 5.74) is 1.35. The summed E-state index contributed by atoms with van der Waals surface area (Å²) in [6.07, 6.45) is 4.48. The number of hydrogen-bond acceptors (Lipinski definition) is 5. The first-order chi connectivity index (χ1) is 8.48. The molecule has 0 radical (unpaired) electrons. The molecular formula is C10H11N4O3S+. The van der Waals surface area contributed by atoms with Gasteiger partial charge in [0, 0.05) is 24.8 Å². The summed E-state index contributed by atoms with van der Waals surface area (Å²) < 4.78 is 32.0. The Morgan fingerprint density at radius 3 is 2.67 bits per heavy atom. The lowest BCUT2D eigenvalue weighted by atomic mass is 10.2. The zero-order valence-corrected chi connectivity index (χ0v) is 10.3. The summed E-state index contributed by atoms with van der Waals surface area (Å²) in [6.45, 7) is 1.34. The molecule has 0 saturated carbocycles. The van der Waals surface area contributed by atoms with Crippen molar-refractivity contribution >= 4 is 10.1 Å². The molecule has 0 aromatic carbocycles. The smallest absolute Gasteiger partial charge is 0.280 e. The molecule has 0 saturated heterocycles. The Hall–Kier alpha value is -1.93. The first kappa shape index (κ1) is 12.5. The fourth-order valence-corrected chi connectivity index (χ4v) is 1.72. The molecule has 2 heterocycles. The molecule has 1 unspecified atom stereocenters. The molecule has 2 aromatic rings. The van der Waals surface area contributed by atoms with Gasteiger partial charge in [0.15, 0.2) is 6.20 Å². The van der Waals surface area contributed by atoms with Gasteiger partial charge in [-0.15, -0.1) is 0 Å². The zero-order chi connectivity index (χ0) is 13.2. The highest BCUT2D eigenvalue weighted by Crippen LogP contribution is 2.12. The molecule has 7 nitrogen and oxygen atoms in total. The Balaban J connectivity index is 2.32. The van der Waals surface area contributed by atoms with Gasteiger partial charge >= 0.3 is 15.5 Å². The number of aromatic nitrogens is 4. The Kier molecular flexibility index (Phi) is 3.30. The summed E-state index contributed by atoms with van der Waals surface area (Å²) in [5, 5.41) is 10.4. The van der Waals surface area contributed by atoms with Gasteiger partial charge < -0.3 is 0 Å². The SMILES string of the molecule is CC([n+]1ccc(-c2cccnn2)cn1)S(=O)(=O)O. The van der Waals surface area contributed by atoms with Crippen molar-refractivity contribution in [2.24, 2.45) is 0 Å². The van der Waals surface area contributed by atoms with Crippen molar-refractivity contribution in [3.05, 3.63) is 36.8 Å². The van der Waals surface area contributed by atoms with E-state index >= 15 is 0 Å². The fraction of sp³-hybridized carbons (Fsp3) is 0.200. The number of nitrogens with zero attached hydrogens (tertiary/aromatic N) is 4. The minimum absolute atomic E-state index is 0.636. The van der Waals surface area contributed by atoms with Gasteiger partial charge in [0.25, 0.3) is 0 Å². The largest absolute Gasteiger partial charge is 0.331 e. The number of rotatable bonds is 3. The van der Waals surface area contributed by atoms with Crippen molar-refractivity contribution in [1.29, 1.82) is 0 Å². The molecule has 0 spiro atoms. The normalized spacial score (nSPS) is 13.2. The standard InChI is InChI=1S/C10H10N4O3S/c1-8(18(15,16)17)14-6-4-9(7-12-14)10-3-2-5-11-13-10/h2-8H,1H3/p+1. The van der Waals surface area contributed by atoms with Gasteiger partial charge in [0.1, 0.15) is 6.20 Å². The van der Waals surface area contributed by atoms with Gasteiger partial charge in [-0.1, -0.05) is 4.68 Å². The van der Waals surface area contributed by atoms with Gasteiger partial charge in [-0.05, 0) is 17.2 Å². The highest BCUT2D eigenvalue weighted by molar-refractivity contribution is 7.85. The van der Waals surface area contributed by atoms with Crippen LogP contribution in [0, 0.1) is 0 Å². The van der Waals surface area contributed by atoms with Gasteiger partial charge in [-0.2, -0.15) is 18.6 Å². The summed E-state index contributed by atoms with van der Waals surface area (Å²) in [5.74, 6) is 0. The molecule has 0 aliphatic heterocycles. The van der Waals surface area contributed by atoms with E-state index in [1.54, 1.807) is 24.4 Å². The molecule has 0 aliphatic carbocycles. The average molecular weight is 267 g/mol. The predicted octanol–water partition coefficient (Wildman–Crippen LogP) is 0.232. The van der Waals surface area contributed by atoms with Crippen LogP contribution < -0.4 is 4.68 Å². The Morgan fingerprint density at radius 1 is 1.39 bits per heavy atom. The molecule has 8 heteroatoms. The Labute approximate surface area is 104 Å². The maximum absolute atomic E-state index is 11.0. The molecule has 2 rings (SSSR count). The van der Waals surface area contributed by atoms with Crippen molar-refractivity contribution < 1.29 is 17.7 Å². The molecule has 0 aliphatic rings. The lowest BCUT2D eigenvalue weighted by Gasteiger charge is -2.01. The second-order valence-electron chi connectivity index (χ2n) is 3.62. The van der Waals surface area contributed by atoms with Crippen LogP contribution in [0.2, 0.25) is 0 Å². The second-order valence-corrected chi connectivity index (χ2v) is 5.33. The molecule has 1 atom stereocenters. The van der Waals surface area contributed by atoms with E-state index in [1.807, 2.05) is 0 Å². The first-order valence-electron chi connectivity index (χ1n) is 5.10. The van der Waals surface area contributed by atoms with Crippen molar-refractivity contribution in [2.45, 2.75) is 12.3 Å². The van der Waals surface area contributed by atoms with Crippen LogP contribution in [0.4, 0.5) is 0 Å². The van der Waals surface area contributed by atoms with Crippen LogP contribution in [0.3, 0.4) is 0 Å². The van der Waals surface area contributed by atoms with Crippen LogP contribution in [0.1, 0.15) is 12.3 Å². The molecule has 0 bridgehead atoms. The van der Waals surface area contributed by atoms with Crippen molar-refractivity contribution in [3.8, 4) is 11.3 Å².